The minimum absolute atomic E-state index is 0.484. The fourth-order valence-electron chi connectivity index (χ4n) is 2.12. The summed E-state index contributed by atoms with van der Waals surface area (Å²) >= 11 is 3.67. The van der Waals surface area contributed by atoms with Crippen LogP contribution >= 0.6 is 23.1 Å². The lowest BCUT2D eigenvalue weighted by molar-refractivity contribution is 0.546. The molecule has 2 nitrogen and oxygen atoms in total. The highest BCUT2D eigenvalue weighted by Gasteiger charge is 2.11. The molecule has 0 aliphatic rings. The van der Waals surface area contributed by atoms with E-state index in [9.17, 15) is 0 Å². The lowest BCUT2D eigenvalue weighted by atomic mass is 10.2. The number of thiazole rings is 1. The van der Waals surface area contributed by atoms with E-state index in [1.54, 1.807) is 11.3 Å². The van der Waals surface area contributed by atoms with Gasteiger partial charge in [-0.05, 0) is 38.9 Å². The highest BCUT2D eigenvalue weighted by Crippen LogP contribution is 2.20. The molecule has 1 N–H and O–H groups in total. The van der Waals surface area contributed by atoms with Crippen molar-refractivity contribution in [1.29, 1.82) is 0 Å². The van der Waals surface area contributed by atoms with Gasteiger partial charge in [0.1, 0.15) is 0 Å². The van der Waals surface area contributed by atoms with Crippen molar-refractivity contribution in [2.75, 3.05) is 12.3 Å². The second-order valence-electron chi connectivity index (χ2n) is 5.34. The summed E-state index contributed by atoms with van der Waals surface area (Å²) in [5, 5.41) is 7.00. The number of hydrogen-bond acceptors (Lipinski definition) is 4. The Hall–Kier alpha value is -0.840. The minimum atomic E-state index is 0.484. The van der Waals surface area contributed by atoms with Gasteiger partial charge in [0.05, 0.1) is 10.7 Å². The molecule has 1 aromatic carbocycles. The maximum absolute atomic E-state index is 4.59. The Kier molecular flexibility index (Phi) is 6.74. The summed E-state index contributed by atoms with van der Waals surface area (Å²) in [5.41, 5.74) is 2.54. The van der Waals surface area contributed by atoms with Gasteiger partial charge in [-0.2, -0.15) is 0 Å². The van der Waals surface area contributed by atoms with Crippen LogP contribution in [0.1, 0.15) is 29.6 Å². The zero-order chi connectivity index (χ0) is 15.1. The molecule has 1 heterocycles. The monoisotopic (exact) mass is 320 g/mol. The maximum atomic E-state index is 4.59. The highest BCUT2D eigenvalue weighted by atomic mass is 32.2. The third kappa shape index (κ3) is 5.81. The molecule has 1 aromatic heterocycles. The summed E-state index contributed by atoms with van der Waals surface area (Å²) < 4.78 is 0. The van der Waals surface area contributed by atoms with Crippen molar-refractivity contribution >= 4 is 23.1 Å². The number of hydrogen-bond donors (Lipinski definition) is 1. The molecule has 0 saturated carbocycles. The second kappa shape index (κ2) is 8.57. The number of nitrogens with zero attached hydrogens (tertiary/aromatic N) is 1. The Balaban J connectivity index is 1.90. The summed E-state index contributed by atoms with van der Waals surface area (Å²) in [4.78, 5) is 5.94. The summed E-state index contributed by atoms with van der Waals surface area (Å²) in [6, 6.07) is 9.27. The SMILES string of the molecule is CCCNC(CSc1ccc(C)cc1)Cc1csc(C)n1. The molecule has 21 heavy (non-hydrogen) atoms. The van der Waals surface area contributed by atoms with Crippen LogP contribution in [0.4, 0.5) is 0 Å². The lowest BCUT2D eigenvalue weighted by Crippen LogP contribution is -2.34. The number of aryl methyl sites for hydroxylation is 2. The second-order valence-corrected chi connectivity index (χ2v) is 7.49. The smallest absolute Gasteiger partial charge is 0.0897 e. The average Bonchev–Trinajstić information content (AvgIpc) is 2.89. The Morgan fingerprint density at radius 3 is 2.62 bits per heavy atom. The number of rotatable bonds is 8. The predicted molar refractivity (Wildman–Crippen MR) is 94.5 cm³/mol. The Bertz CT molecular complexity index is 534. The molecule has 0 aliphatic carbocycles. The van der Waals surface area contributed by atoms with E-state index in [-0.39, 0.29) is 0 Å². The first-order valence-corrected chi connectivity index (χ1v) is 9.37. The third-order valence-corrected chi connectivity index (χ3v) is 5.27. The minimum Gasteiger partial charge on any atom is -0.313 e. The van der Waals surface area contributed by atoms with Crippen LogP contribution in [0.2, 0.25) is 0 Å². The summed E-state index contributed by atoms with van der Waals surface area (Å²) in [5.74, 6) is 1.08. The standard InChI is InChI=1S/C17H24N2S2/c1-4-9-18-15(10-16-12-20-14(3)19-16)11-21-17-7-5-13(2)6-8-17/h5-8,12,15,18H,4,9-11H2,1-3H3. The number of aromatic nitrogens is 1. The van der Waals surface area contributed by atoms with Crippen molar-refractivity contribution in [2.45, 2.75) is 44.6 Å². The van der Waals surface area contributed by atoms with Gasteiger partial charge in [0.2, 0.25) is 0 Å². The zero-order valence-corrected chi connectivity index (χ0v) is 14.7. The molecule has 2 aromatic rings. The van der Waals surface area contributed by atoms with Crippen LogP contribution in [0.3, 0.4) is 0 Å². The molecule has 0 bridgehead atoms. The van der Waals surface area contributed by atoms with Gasteiger partial charge in [0, 0.05) is 28.5 Å². The fraction of sp³-hybridized carbons (Fsp3) is 0.471. The molecular weight excluding hydrogens is 296 g/mol. The van der Waals surface area contributed by atoms with E-state index in [2.05, 4.69) is 60.7 Å². The van der Waals surface area contributed by atoms with Gasteiger partial charge in [-0.25, -0.2) is 4.98 Å². The van der Waals surface area contributed by atoms with E-state index in [1.165, 1.54) is 22.6 Å². The molecule has 0 fully saturated rings. The van der Waals surface area contributed by atoms with Crippen LogP contribution in [0, 0.1) is 13.8 Å². The van der Waals surface area contributed by atoms with Crippen molar-refractivity contribution in [3.8, 4) is 0 Å². The first kappa shape index (κ1) is 16.5. The van der Waals surface area contributed by atoms with Gasteiger partial charge in [0.15, 0.2) is 0 Å². The van der Waals surface area contributed by atoms with Crippen LogP contribution in [0.25, 0.3) is 0 Å². The van der Waals surface area contributed by atoms with E-state index in [0.29, 0.717) is 6.04 Å². The van der Waals surface area contributed by atoms with Gasteiger partial charge in [-0.3, -0.25) is 0 Å². The van der Waals surface area contributed by atoms with E-state index < -0.39 is 0 Å². The molecule has 0 saturated heterocycles. The van der Waals surface area contributed by atoms with Gasteiger partial charge in [-0.1, -0.05) is 24.6 Å². The Morgan fingerprint density at radius 2 is 2.00 bits per heavy atom. The molecular formula is C17H24N2S2. The fourth-order valence-corrected chi connectivity index (χ4v) is 3.71. The Labute approximate surface area is 136 Å². The van der Waals surface area contributed by atoms with Crippen LogP contribution in [-0.2, 0) is 6.42 Å². The van der Waals surface area contributed by atoms with Gasteiger partial charge in [-0.15, -0.1) is 23.1 Å². The van der Waals surface area contributed by atoms with E-state index >= 15 is 0 Å². The first-order valence-electron chi connectivity index (χ1n) is 7.51. The average molecular weight is 321 g/mol. The maximum Gasteiger partial charge on any atom is 0.0897 e. The summed E-state index contributed by atoms with van der Waals surface area (Å²) in [7, 11) is 0. The lowest BCUT2D eigenvalue weighted by Gasteiger charge is -2.17. The van der Waals surface area contributed by atoms with E-state index in [0.717, 1.165) is 23.7 Å². The van der Waals surface area contributed by atoms with E-state index in [4.69, 9.17) is 0 Å². The van der Waals surface area contributed by atoms with Crippen LogP contribution in [0.5, 0.6) is 0 Å². The molecule has 0 amide bonds. The van der Waals surface area contributed by atoms with Gasteiger partial charge < -0.3 is 5.32 Å². The largest absolute Gasteiger partial charge is 0.313 e. The van der Waals surface area contributed by atoms with Crippen molar-refractivity contribution in [1.82, 2.24) is 10.3 Å². The van der Waals surface area contributed by atoms with Crippen molar-refractivity contribution in [3.63, 3.8) is 0 Å². The van der Waals surface area contributed by atoms with Crippen LogP contribution in [0.15, 0.2) is 34.5 Å². The molecule has 1 unspecified atom stereocenters. The molecule has 0 aliphatic heterocycles. The topological polar surface area (TPSA) is 24.9 Å². The van der Waals surface area contributed by atoms with Gasteiger partial charge >= 0.3 is 0 Å². The normalized spacial score (nSPS) is 12.5. The molecule has 2 rings (SSSR count). The van der Waals surface area contributed by atoms with Crippen LogP contribution in [-0.4, -0.2) is 23.3 Å². The van der Waals surface area contributed by atoms with Crippen molar-refractivity contribution in [3.05, 3.63) is 45.9 Å². The zero-order valence-electron chi connectivity index (χ0n) is 13.1. The molecule has 1 atom stereocenters. The number of benzene rings is 1. The highest BCUT2D eigenvalue weighted by molar-refractivity contribution is 7.99. The molecule has 4 heteroatoms. The number of nitrogens with one attached hydrogen (secondary N) is 1. The quantitative estimate of drug-likeness (QED) is 0.727. The molecule has 114 valence electrons. The number of thioether (sulfide) groups is 1. The predicted octanol–water partition coefficient (Wildman–Crippen LogP) is 4.46. The van der Waals surface area contributed by atoms with Gasteiger partial charge in [0.25, 0.3) is 0 Å². The van der Waals surface area contributed by atoms with Crippen LogP contribution < -0.4 is 5.32 Å². The van der Waals surface area contributed by atoms with E-state index in [1.807, 2.05) is 11.8 Å². The Morgan fingerprint density at radius 1 is 1.24 bits per heavy atom. The molecule has 0 radical (unpaired) electrons. The summed E-state index contributed by atoms with van der Waals surface area (Å²) in [6.45, 7) is 7.49. The first-order chi connectivity index (χ1) is 10.2. The van der Waals surface area contributed by atoms with Crippen molar-refractivity contribution in [2.24, 2.45) is 0 Å². The summed E-state index contributed by atoms with van der Waals surface area (Å²) in [6.07, 6.45) is 2.19. The molecule has 0 spiro atoms. The third-order valence-electron chi connectivity index (χ3n) is 3.28. The van der Waals surface area contributed by atoms with Crippen molar-refractivity contribution < 1.29 is 0 Å².